The van der Waals surface area contributed by atoms with Gasteiger partial charge < -0.3 is 4.90 Å². The SMILES string of the molecule is CCN(CC)CCSN. The van der Waals surface area contributed by atoms with Crippen LogP contribution in [-0.2, 0) is 0 Å². The van der Waals surface area contributed by atoms with Crippen molar-refractivity contribution in [1.82, 2.24) is 4.90 Å². The average molecular weight is 148 g/mol. The monoisotopic (exact) mass is 148 g/mol. The number of nitrogens with zero attached hydrogens (tertiary/aromatic N) is 1. The third-order valence-corrected chi connectivity index (χ3v) is 1.84. The summed E-state index contributed by atoms with van der Waals surface area (Å²) in [6, 6.07) is 0. The summed E-state index contributed by atoms with van der Waals surface area (Å²) in [4.78, 5) is 2.36. The molecule has 0 aromatic rings. The number of hydrogen-bond donors (Lipinski definition) is 1. The molecule has 0 amide bonds. The molecule has 0 heterocycles. The van der Waals surface area contributed by atoms with E-state index in [4.69, 9.17) is 5.14 Å². The minimum absolute atomic E-state index is 1.04. The van der Waals surface area contributed by atoms with Gasteiger partial charge in [0.1, 0.15) is 0 Å². The van der Waals surface area contributed by atoms with Gasteiger partial charge in [0.25, 0.3) is 0 Å². The summed E-state index contributed by atoms with van der Waals surface area (Å²) in [6.45, 7) is 7.73. The summed E-state index contributed by atoms with van der Waals surface area (Å²) in [7, 11) is 0. The highest BCUT2D eigenvalue weighted by atomic mass is 32.2. The minimum atomic E-state index is 1.04. The van der Waals surface area contributed by atoms with E-state index in [1.165, 1.54) is 11.9 Å². The molecule has 0 aliphatic rings. The van der Waals surface area contributed by atoms with Crippen LogP contribution in [0.25, 0.3) is 0 Å². The zero-order valence-corrected chi connectivity index (χ0v) is 7.08. The highest BCUT2D eigenvalue weighted by Gasteiger charge is 1.95. The first kappa shape index (κ1) is 9.27. The predicted molar refractivity (Wildman–Crippen MR) is 44.4 cm³/mol. The van der Waals surface area contributed by atoms with Gasteiger partial charge in [0.15, 0.2) is 0 Å². The normalized spacial score (nSPS) is 10.7. The third kappa shape index (κ3) is 4.75. The maximum Gasteiger partial charge on any atom is 0.0204 e. The lowest BCUT2D eigenvalue weighted by Gasteiger charge is -2.16. The highest BCUT2D eigenvalue weighted by Crippen LogP contribution is 1.90. The second kappa shape index (κ2) is 6.39. The number of nitrogens with two attached hydrogens (primary N) is 1. The van der Waals surface area contributed by atoms with Crippen LogP contribution in [0.5, 0.6) is 0 Å². The zero-order chi connectivity index (χ0) is 7.11. The molecule has 0 aromatic carbocycles. The Bertz CT molecular complexity index is 55.0. The summed E-state index contributed by atoms with van der Waals surface area (Å²) in [5, 5.41) is 5.28. The van der Waals surface area contributed by atoms with Gasteiger partial charge in [-0.1, -0.05) is 25.8 Å². The molecule has 0 bridgehead atoms. The van der Waals surface area contributed by atoms with Gasteiger partial charge in [0, 0.05) is 12.3 Å². The van der Waals surface area contributed by atoms with E-state index >= 15 is 0 Å². The van der Waals surface area contributed by atoms with Gasteiger partial charge in [0.2, 0.25) is 0 Å². The summed E-state index contributed by atoms with van der Waals surface area (Å²) in [5.74, 6) is 1.04. The molecule has 0 unspecified atom stereocenters. The van der Waals surface area contributed by atoms with Crippen LogP contribution in [0.1, 0.15) is 13.8 Å². The zero-order valence-electron chi connectivity index (χ0n) is 6.26. The van der Waals surface area contributed by atoms with Crippen LogP contribution in [0.4, 0.5) is 0 Å². The molecule has 2 nitrogen and oxygen atoms in total. The van der Waals surface area contributed by atoms with Crippen LogP contribution in [0.15, 0.2) is 0 Å². The first-order chi connectivity index (χ1) is 4.35. The van der Waals surface area contributed by atoms with Crippen molar-refractivity contribution in [3.05, 3.63) is 0 Å². The summed E-state index contributed by atoms with van der Waals surface area (Å²) in [5.41, 5.74) is 0. The van der Waals surface area contributed by atoms with Gasteiger partial charge in [-0.05, 0) is 13.1 Å². The van der Waals surface area contributed by atoms with E-state index in [-0.39, 0.29) is 0 Å². The van der Waals surface area contributed by atoms with Gasteiger partial charge >= 0.3 is 0 Å². The van der Waals surface area contributed by atoms with Crippen LogP contribution >= 0.6 is 11.9 Å². The first-order valence-corrected chi connectivity index (χ1v) is 4.44. The van der Waals surface area contributed by atoms with Crippen molar-refractivity contribution in [2.24, 2.45) is 5.14 Å². The van der Waals surface area contributed by atoms with Gasteiger partial charge in [-0.15, -0.1) is 0 Å². The molecule has 0 saturated heterocycles. The summed E-state index contributed by atoms with van der Waals surface area (Å²) < 4.78 is 0. The van der Waals surface area contributed by atoms with Crippen LogP contribution < -0.4 is 5.14 Å². The quantitative estimate of drug-likeness (QED) is 0.588. The Kier molecular flexibility index (Phi) is 6.58. The molecule has 0 saturated carbocycles. The Hall–Kier alpha value is 0.270. The van der Waals surface area contributed by atoms with Crippen LogP contribution in [0.3, 0.4) is 0 Å². The highest BCUT2D eigenvalue weighted by molar-refractivity contribution is 7.97. The van der Waals surface area contributed by atoms with E-state index in [0.717, 1.165) is 25.4 Å². The Morgan fingerprint density at radius 3 is 2.22 bits per heavy atom. The largest absolute Gasteiger partial charge is 0.303 e. The van der Waals surface area contributed by atoms with Crippen LogP contribution in [-0.4, -0.2) is 30.3 Å². The van der Waals surface area contributed by atoms with E-state index in [0.29, 0.717) is 0 Å². The second-order valence-corrected chi connectivity index (χ2v) is 2.64. The maximum atomic E-state index is 5.28. The number of rotatable bonds is 5. The van der Waals surface area contributed by atoms with E-state index in [9.17, 15) is 0 Å². The molecular weight excluding hydrogens is 132 g/mol. The Balaban J connectivity index is 3.09. The standard InChI is InChI=1S/C6H16N2S/c1-3-8(4-2)5-6-9-7/h3-7H2,1-2H3. The summed E-state index contributed by atoms with van der Waals surface area (Å²) in [6.07, 6.45) is 0. The van der Waals surface area contributed by atoms with Gasteiger partial charge in [-0.3, -0.25) is 5.14 Å². The fourth-order valence-corrected chi connectivity index (χ4v) is 1.09. The smallest absolute Gasteiger partial charge is 0.0204 e. The van der Waals surface area contributed by atoms with Crippen molar-refractivity contribution in [1.29, 1.82) is 0 Å². The van der Waals surface area contributed by atoms with Crippen LogP contribution in [0.2, 0.25) is 0 Å². The lowest BCUT2D eigenvalue weighted by molar-refractivity contribution is 0.324. The lowest BCUT2D eigenvalue weighted by Crippen LogP contribution is -2.25. The van der Waals surface area contributed by atoms with Crippen molar-refractivity contribution < 1.29 is 0 Å². The molecular formula is C6H16N2S. The average Bonchev–Trinajstić information content (AvgIpc) is 1.91. The van der Waals surface area contributed by atoms with E-state index in [2.05, 4.69) is 18.7 Å². The van der Waals surface area contributed by atoms with Gasteiger partial charge in [-0.2, -0.15) is 0 Å². The predicted octanol–water partition coefficient (Wildman–Crippen LogP) is 0.935. The fourth-order valence-electron chi connectivity index (χ4n) is 0.722. The molecule has 0 aliphatic heterocycles. The molecule has 0 atom stereocenters. The maximum absolute atomic E-state index is 5.28. The molecule has 0 aromatic heterocycles. The first-order valence-electron chi connectivity index (χ1n) is 3.39. The van der Waals surface area contributed by atoms with Crippen molar-refractivity contribution in [2.75, 3.05) is 25.4 Å². The number of hydrogen-bond acceptors (Lipinski definition) is 3. The Labute approximate surface area is 61.9 Å². The second-order valence-electron chi connectivity index (χ2n) is 1.90. The van der Waals surface area contributed by atoms with Crippen molar-refractivity contribution in [2.45, 2.75) is 13.8 Å². The lowest BCUT2D eigenvalue weighted by atomic mass is 10.5. The van der Waals surface area contributed by atoms with Crippen molar-refractivity contribution >= 4 is 11.9 Å². The molecule has 0 radical (unpaired) electrons. The fraction of sp³-hybridized carbons (Fsp3) is 1.00. The topological polar surface area (TPSA) is 29.3 Å². The Morgan fingerprint density at radius 2 is 1.89 bits per heavy atom. The van der Waals surface area contributed by atoms with E-state index < -0.39 is 0 Å². The van der Waals surface area contributed by atoms with Gasteiger partial charge in [-0.25, -0.2) is 0 Å². The molecule has 9 heavy (non-hydrogen) atoms. The van der Waals surface area contributed by atoms with Crippen molar-refractivity contribution in [3.63, 3.8) is 0 Å². The molecule has 2 N–H and O–H groups in total. The summed E-state index contributed by atoms with van der Waals surface area (Å²) >= 11 is 1.42. The van der Waals surface area contributed by atoms with E-state index in [1.54, 1.807) is 0 Å². The van der Waals surface area contributed by atoms with Crippen molar-refractivity contribution in [3.8, 4) is 0 Å². The molecule has 0 aliphatic carbocycles. The van der Waals surface area contributed by atoms with Crippen LogP contribution in [0, 0.1) is 0 Å². The molecule has 3 heteroatoms. The Morgan fingerprint density at radius 1 is 1.33 bits per heavy atom. The minimum Gasteiger partial charge on any atom is -0.303 e. The molecule has 0 spiro atoms. The van der Waals surface area contributed by atoms with Gasteiger partial charge in [0.05, 0.1) is 0 Å². The van der Waals surface area contributed by atoms with E-state index in [1.807, 2.05) is 0 Å². The molecule has 0 fully saturated rings. The molecule has 0 rings (SSSR count). The third-order valence-electron chi connectivity index (χ3n) is 1.42. The molecule has 56 valence electrons.